The highest BCUT2D eigenvalue weighted by atomic mass is 16.5. The molecule has 0 atom stereocenters. The van der Waals surface area contributed by atoms with Gasteiger partial charge in [-0.05, 0) is 13.8 Å². The van der Waals surface area contributed by atoms with Crippen LogP contribution in [0.3, 0.4) is 0 Å². The molecule has 0 saturated carbocycles. The summed E-state index contributed by atoms with van der Waals surface area (Å²) in [6.45, 7) is 4.46. The van der Waals surface area contributed by atoms with Gasteiger partial charge >= 0.3 is 11.7 Å². The number of carbonyl (C=O) groups is 2. The standard InChI is InChI=1S/C12H18N2O4/c1-3-13-7-8-14(12(13)17)9-10(15)5-6-11(16)18-4-2/h7-8H,3-6,9H2,1-2H3. The lowest BCUT2D eigenvalue weighted by Crippen LogP contribution is -2.26. The van der Waals surface area contributed by atoms with Gasteiger partial charge < -0.3 is 4.74 Å². The summed E-state index contributed by atoms with van der Waals surface area (Å²) in [6.07, 6.45) is 3.38. The Balaban J connectivity index is 2.47. The van der Waals surface area contributed by atoms with Gasteiger partial charge in [0.05, 0.1) is 19.6 Å². The molecule has 0 radical (unpaired) electrons. The fourth-order valence-electron chi connectivity index (χ4n) is 1.56. The molecule has 0 aliphatic heterocycles. The molecule has 0 spiro atoms. The highest BCUT2D eigenvalue weighted by molar-refractivity contribution is 5.82. The lowest BCUT2D eigenvalue weighted by molar-refractivity contribution is -0.144. The summed E-state index contributed by atoms with van der Waals surface area (Å²) >= 11 is 0. The first-order chi connectivity index (χ1) is 8.58. The van der Waals surface area contributed by atoms with E-state index in [4.69, 9.17) is 4.74 Å². The van der Waals surface area contributed by atoms with Gasteiger partial charge in [0.2, 0.25) is 0 Å². The Morgan fingerprint density at radius 3 is 2.39 bits per heavy atom. The number of hydrogen-bond donors (Lipinski definition) is 0. The molecule has 1 aromatic heterocycles. The zero-order valence-electron chi connectivity index (χ0n) is 10.7. The van der Waals surface area contributed by atoms with Crippen molar-refractivity contribution in [3.8, 4) is 0 Å². The van der Waals surface area contributed by atoms with Gasteiger partial charge in [0.25, 0.3) is 0 Å². The summed E-state index contributed by atoms with van der Waals surface area (Å²) in [7, 11) is 0. The summed E-state index contributed by atoms with van der Waals surface area (Å²) in [5, 5.41) is 0. The molecule has 1 heterocycles. The Labute approximate surface area is 105 Å². The van der Waals surface area contributed by atoms with Crippen molar-refractivity contribution in [1.82, 2.24) is 9.13 Å². The fraction of sp³-hybridized carbons (Fsp3) is 0.583. The number of nitrogens with zero attached hydrogens (tertiary/aromatic N) is 2. The average Bonchev–Trinajstić information content (AvgIpc) is 2.68. The van der Waals surface area contributed by atoms with Gasteiger partial charge in [0, 0.05) is 25.4 Å². The first-order valence-electron chi connectivity index (χ1n) is 6.01. The van der Waals surface area contributed by atoms with Crippen molar-refractivity contribution >= 4 is 11.8 Å². The molecule has 0 saturated heterocycles. The molecule has 1 rings (SSSR count). The van der Waals surface area contributed by atoms with Crippen molar-refractivity contribution in [2.45, 2.75) is 39.8 Å². The van der Waals surface area contributed by atoms with Crippen LogP contribution in [0.1, 0.15) is 26.7 Å². The number of aromatic nitrogens is 2. The third-order valence-electron chi connectivity index (χ3n) is 2.52. The molecule has 1 aromatic rings. The zero-order chi connectivity index (χ0) is 13.5. The molecule has 0 unspecified atom stereocenters. The third kappa shape index (κ3) is 3.87. The van der Waals surface area contributed by atoms with Gasteiger partial charge in [0.15, 0.2) is 5.78 Å². The molecule has 18 heavy (non-hydrogen) atoms. The van der Waals surface area contributed by atoms with Crippen molar-refractivity contribution in [2.75, 3.05) is 6.61 Å². The smallest absolute Gasteiger partial charge is 0.328 e. The minimum atomic E-state index is -0.385. The molecule has 0 aliphatic rings. The number of hydrogen-bond acceptors (Lipinski definition) is 4. The number of Topliss-reactive ketones (excluding diaryl/α,β-unsaturated/α-hetero) is 1. The minimum Gasteiger partial charge on any atom is -0.466 e. The molecule has 0 aromatic carbocycles. The molecule has 0 bridgehead atoms. The predicted molar refractivity (Wildman–Crippen MR) is 65.2 cm³/mol. The van der Waals surface area contributed by atoms with Crippen molar-refractivity contribution in [3.05, 3.63) is 22.9 Å². The van der Waals surface area contributed by atoms with Crippen LogP contribution in [0.5, 0.6) is 0 Å². The lowest BCUT2D eigenvalue weighted by Gasteiger charge is -2.02. The van der Waals surface area contributed by atoms with Crippen LogP contribution in [-0.4, -0.2) is 27.5 Å². The minimum absolute atomic E-state index is 0.00520. The second-order valence-corrected chi connectivity index (χ2v) is 3.84. The van der Waals surface area contributed by atoms with Crippen molar-refractivity contribution < 1.29 is 14.3 Å². The Morgan fingerprint density at radius 1 is 1.17 bits per heavy atom. The van der Waals surface area contributed by atoms with Crippen LogP contribution in [0, 0.1) is 0 Å². The molecular formula is C12H18N2O4. The van der Waals surface area contributed by atoms with Gasteiger partial charge in [-0.2, -0.15) is 0 Å². The SMILES string of the molecule is CCOC(=O)CCC(=O)Cn1ccn(CC)c1=O. The number of rotatable bonds is 7. The lowest BCUT2D eigenvalue weighted by atomic mass is 10.2. The van der Waals surface area contributed by atoms with Gasteiger partial charge in [-0.3, -0.25) is 18.7 Å². The van der Waals surface area contributed by atoms with E-state index in [1.807, 2.05) is 6.92 Å². The molecular weight excluding hydrogens is 236 g/mol. The molecule has 0 aliphatic carbocycles. The maximum atomic E-state index is 11.7. The molecule has 0 amide bonds. The highest BCUT2D eigenvalue weighted by Gasteiger charge is 2.10. The Morgan fingerprint density at radius 2 is 1.83 bits per heavy atom. The topological polar surface area (TPSA) is 70.3 Å². The molecule has 6 heteroatoms. The maximum absolute atomic E-state index is 11.7. The number of aryl methyl sites for hydroxylation is 1. The first kappa shape index (κ1) is 14.2. The van der Waals surface area contributed by atoms with E-state index in [0.29, 0.717) is 13.2 Å². The van der Waals surface area contributed by atoms with Crippen LogP contribution in [0.25, 0.3) is 0 Å². The normalized spacial score (nSPS) is 10.3. The number of esters is 1. The van der Waals surface area contributed by atoms with Crippen LogP contribution in [0.4, 0.5) is 0 Å². The monoisotopic (exact) mass is 254 g/mol. The first-order valence-corrected chi connectivity index (χ1v) is 6.01. The second kappa shape index (κ2) is 6.78. The number of imidazole rings is 1. The van der Waals surface area contributed by atoms with Gasteiger partial charge in [-0.25, -0.2) is 4.79 Å². The van der Waals surface area contributed by atoms with E-state index in [1.54, 1.807) is 19.3 Å². The summed E-state index contributed by atoms with van der Waals surface area (Å²) in [5.41, 5.74) is -0.206. The summed E-state index contributed by atoms with van der Waals surface area (Å²) < 4.78 is 7.58. The molecule has 0 N–H and O–H groups in total. The van der Waals surface area contributed by atoms with Gasteiger partial charge in [-0.1, -0.05) is 0 Å². The quantitative estimate of drug-likeness (QED) is 0.667. The van der Waals surface area contributed by atoms with Crippen molar-refractivity contribution in [1.29, 1.82) is 0 Å². The van der Waals surface area contributed by atoms with Crippen molar-refractivity contribution in [2.24, 2.45) is 0 Å². The second-order valence-electron chi connectivity index (χ2n) is 3.84. The van der Waals surface area contributed by atoms with Gasteiger partial charge in [-0.15, -0.1) is 0 Å². The largest absolute Gasteiger partial charge is 0.466 e. The van der Waals surface area contributed by atoms with E-state index in [9.17, 15) is 14.4 Å². The fourth-order valence-corrected chi connectivity index (χ4v) is 1.56. The summed E-state index contributed by atoms with van der Waals surface area (Å²) in [4.78, 5) is 34.3. The van der Waals surface area contributed by atoms with E-state index in [0.717, 1.165) is 0 Å². The van der Waals surface area contributed by atoms with Crippen LogP contribution < -0.4 is 5.69 Å². The number of ketones is 1. The van der Waals surface area contributed by atoms with Crippen molar-refractivity contribution in [3.63, 3.8) is 0 Å². The summed E-state index contributed by atoms with van der Waals surface area (Å²) in [6, 6.07) is 0. The third-order valence-corrected chi connectivity index (χ3v) is 2.52. The molecule has 6 nitrogen and oxygen atoms in total. The molecule has 100 valence electrons. The van der Waals surface area contributed by atoms with Crippen LogP contribution in [-0.2, 0) is 27.4 Å². The van der Waals surface area contributed by atoms with Crippen LogP contribution in [0.2, 0.25) is 0 Å². The average molecular weight is 254 g/mol. The number of ether oxygens (including phenoxy) is 1. The van der Waals surface area contributed by atoms with E-state index in [1.165, 1.54) is 9.13 Å². The molecule has 0 fully saturated rings. The van der Waals surface area contributed by atoms with E-state index < -0.39 is 0 Å². The predicted octanol–water partition coefficient (Wildman–Crippen LogP) is 0.582. The zero-order valence-corrected chi connectivity index (χ0v) is 10.7. The Bertz CT molecular complexity index is 473. The van der Waals surface area contributed by atoms with Crippen LogP contribution in [0.15, 0.2) is 17.2 Å². The maximum Gasteiger partial charge on any atom is 0.328 e. The Kier molecular flexibility index (Phi) is 5.35. The highest BCUT2D eigenvalue weighted by Crippen LogP contribution is 1.97. The van der Waals surface area contributed by atoms with E-state index in [2.05, 4.69) is 0 Å². The summed E-state index contributed by atoms with van der Waals surface area (Å²) in [5.74, 6) is -0.539. The van der Waals surface area contributed by atoms with E-state index >= 15 is 0 Å². The number of carbonyl (C=O) groups excluding carboxylic acids is 2. The van der Waals surface area contributed by atoms with Crippen LogP contribution >= 0.6 is 0 Å². The van der Waals surface area contributed by atoms with Gasteiger partial charge in [0.1, 0.15) is 0 Å². The van der Waals surface area contributed by atoms with E-state index in [-0.39, 0.29) is 36.8 Å². The Hall–Kier alpha value is -1.85.